The first-order valence-electron chi connectivity index (χ1n) is 9.02. The second kappa shape index (κ2) is 7.24. The fourth-order valence-corrected chi connectivity index (χ4v) is 4.07. The van der Waals surface area contributed by atoms with Crippen molar-refractivity contribution in [3.05, 3.63) is 88.1 Å². The number of allylic oxidation sites excluding steroid dienone is 1. The van der Waals surface area contributed by atoms with Gasteiger partial charge in [-0.25, -0.2) is 8.78 Å². The van der Waals surface area contributed by atoms with E-state index in [0.717, 1.165) is 35.2 Å². The number of rotatable bonds is 2. The topological polar surface area (TPSA) is 24.1 Å². The first-order valence-corrected chi connectivity index (χ1v) is 9.43. The Labute approximate surface area is 163 Å². The van der Waals surface area contributed by atoms with Crippen molar-refractivity contribution in [1.29, 1.82) is 0 Å². The molecule has 0 fully saturated rings. The highest BCUT2D eigenvalue weighted by molar-refractivity contribution is 7.80. The molecule has 0 unspecified atom stereocenters. The molecule has 0 spiro atoms. The van der Waals surface area contributed by atoms with Crippen LogP contribution in [0.3, 0.4) is 0 Å². The van der Waals surface area contributed by atoms with Crippen LogP contribution in [0.5, 0.6) is 0 Å². The predicted molar refractivity (Wildman–Crippen MR) is 108 cm³/mol. The van der Waals surface area contributed by atoms with Crippen LogP contribution in [0.1, 0.15) is 36.9 Å². The smallest absolute Gasteiger partial charge is 0.171 e. The highest BCUT2D eigenvalue weighted by Crippen LogP contribution is 2.41. The van der Waals surface area contributed by atoms with E-state index in [1.165, 1.54) is 29.8 Å². The number of nitrogens with one attached hydrogen (secondary N) is 2. The number of thiocarbonyl (C=S) groups is 1. The minimum absolute atomic E-state index is 0.0753. The quantitative estimate of drug-likeness (QED) is 0.694. The summed E-state index contributed by atoms with van der Waals surface area (Å²) in [6.07, 6.45) is 3.94. The molecular weight excluding hydrogens is 362 g/mol. The summed E-state index contributed by atoms with van der Waals surface area (Å²) in [6, 6.07) is 13.0. The third-order valence-corrected chi connectivity index (χ3v) is 5.28. The summed E-state index contributed by atoms with van der Waals surface area (Å²) in [6.45, 7) is 2.22. The van der Waals surface area contributed by atoms with E-state index in [2.05, 4.69) is 23.6 Å². The summed E-state index contributed by atoms with van der Waals surface area (Å²) >= 11 is 5.43. The minimum atomic E-state index is -0.252. The zero-order chi connectivity index (χ0) is 19.0. The first-order chi connectivity index (χ1) is 13.0. The van der Waals surface area contributed by atoms with Gasteiger partial charge in [-0.1, -0.05) is 31.2 Å². The van der Waals surface area contributed by atoms with Crippen molar-refractivity contribution in [2.24, 2.45) is 5.92 Å². The summed E-state index contributed by atoms with van der Waals surface area (Å²) in [4.78, 5) is 0. The minimum Gasteiger partial charge on any atom is -0.352 e. The normalized spacial score (nSPS) is 23.7. The molecule has 4 rings (SSSR count). The molecule has 27 heavy (non-hydrogen) atoms. The monoisotopic (exact) mass is 382 g/mol. The third-order valence-electron chi connectivity index (χ3n) is 5.06. The van der Waals surface area contributed by atoms with Gasteiger partial charge < -0.3 is 10.6 Å². The number of hydrogen-bond donors (Lipinski definition) is 2. The highest BCUT2D eigenvalue weighted by Gasteiger charge is 2.32. The Hall–Kier alpha value is -2.53. The molecule has 2 aromatic carbocycles. The molecule has 2 atom stereocenters. The van der Waals surface area contributed by atoms with Gasteiger partial charge >= 0.3 is 0 Å². The van der Waals surface area contributed by atoms with E-state index in [1.807, 2.05) is 0 Å². The third kappa shape index (κ3) is 3.78. The maximum atomic E-state index is 13.4. The van der Waals surface area contributed by atoms with Gasteiger partial charge in [-0.3, -0.25) is 0 Å². The van der Waals surface area contributed by atoms with Crippen LogP contribution in [-0.4, -0.2) is 5.11 Å². The van der Waals surface area contributed by atoms with Crippen LogP contribution in [0.25, 0.3) is 6.08 Å². The second-order valence-electron chi connectivity index (χ2n) is 7.22. The fourth-order valence-electron chi connectivity index (χ4n) is 3.85. The van der Waals surface area contributed by atoms with E-state index < -0.39 is 0 Å². The molecule has 1 aliphatic heterocycles. The Morgan fingerprint density at radius 1 is 0.963 bits per heavy atom. The lowest BCUT2D eigenvalue weighted by molar-refractivity contribution is 0.499. The summed E-state index contributed by atoms with van der Waals surface area (Å²) in [7, 11) is 0. The standard InChI is InChI=1S/C22H20F2N2S/c1-13-10-16(12-14-2-6-17(23)7-3-14)21-19(11-13)20(25-22(27)26-21)15-4-8-18(24)9-5-15/h2-9,12-13,20H,10-11H2,1H3,(H2,25,26,27)/b16-12+/t13-,20+/m1/s1. The maximum absolute atomic E-state index is 13.4. The molecule has 2 aliphatic rings. The highest BCUT2D eigenvalue weighted by atomic mass is 32.1. The van der Waals surface area contributed by atoms with Crippen molar-refractivity contribution in [3.8, 4) is 0 Å². The van der Waals surface area contributed by atoms with Crippen LogP contribution in [0.2, 0.25) is 0 Å². The number of halogens is 2. The van der Waals surface area contributed by atoms with Gasteiger partial charge in [0.15, 0.2) is 5.11 Å². The molecule has 5 heteroatoms. The molecule has 2 aromatic rings. The molecule has 1 aliphatic carbocycles. The van der Waals surface area contributed by atoms with E-state index in [9.17, 15) is 8.78 Å². The molecule has 0 radical (unpaired) electrons. The summed E-state index contributed by atoms with van der Waals surface area (Å²) in [5, 5.41) is 7.20. The fraction of sp³-hybridized carbons (Fsp3) is 0.227. The average Bonchev–Trinajstić information content (AvgIpc) is 2.64. The van der Waals surface area contributed by atoms with Gasteiger partial charge in [-0.15, -0.1) is 0 Å². The molecule has 0 amide bonds. The molecule has 0 saturated heterocycles. The summed E-state index contributed by atoms with van der Waals surface area (Å²) < 4.78 is 26.6. The van der Waals surface area contributed by atoms with Crippen LogP contribution < -0.4 is 10.6 Å². The Kier molecular flexibility index (Phi) is 4.79. The van der Waals surface area contributed by atoms with Gasteiger partial charge in [0, 0.05) is 5.70 Å². The summed E-state index contributed by atoms with van der Waals surface area (Å²) in [5.74, 6) is -0.0290. The Balaban J connectivity index is 1.78. The summed E-state index contributed by atoms with van der Waals surface area (Å²) in [5.41, 5.74) is 5.36. The van der Waals surface area contributed by atoms with Crippen LogP contribution in [0, 0.1) is 17.6 Å². The number of hydrogen-bond acceptors (Lipinski definition) is 1. The van der Waals surface area contributed by atoms with E-state index >= 15 is 0 Å². The van der Waals surface area contributed by atoms with Crippen molar-refractivity contribution in [2.45, 2.75) is 25.8 Å². The SMILES string of the molecule is C[C@H]1CC2=C(NC(=S)N[C@H]2c2ccc(F)cc2)/C(=C/c2ccc(F)cc2)C1. The molecular formula is C22H20F2N2S. The van der Waals surface area contributed by atoms with Gasteiger partial charge in [-0.05, 0) is 83.6 Å². The second-order valence-corrected chi connectivity index (χ2v) is 7.63. The molecule has 0 saturated carbocycles. The average molecular weight is 382 g/mol. The molecule has 2 N–H and O–H groups in total. The Bertz CT molecular complexity index is 930. The number of benzene rings is 2. The lowest BCUT2D eigenvalue weighted by atomic mass is 9.78. The molecule has 1 heterocycles. The van der Waals surface area contributed by atoms with Gasteiger partial charge in [0.05, 0.1) is 6.04 Å². The van der Waals surface area contributed by atoms with Gasteiger partial charge in [0.2, 0.25) is 0 Å². The molecule has 0 bridgehead atoms. The molecule has 2 nitrogen and oxygen atoms in total. The van der Waals surface area contributed by atoms with Crippen molar-refractivity contribution in [2.75, 3.05) is 0 Å². The predicted octanol–water partition coefficient (Wildman–Crippen LogP) is 5.25. The van der Waals surface area contributed by atoms with Crippen molar-refractivity contribution in [3.63, 3.8) is 0 Å². The molecule has 0 aromatic heterocycles. The van der Waals surface area contributed by atoms with Crippen molar-refractivity contribution < 1.29 is 8.78 Å². The zero-order valence-corrected chi connectivity index (χ0v) is 15.7. The van der Waals surface area contributed by atoms with Gasteiger partial charge in [-0.2, -0.15) is 0 Å². The molecule has 138 valence electrons. The largest absolute Gasteiger partial charge is 0.352 e. The van der Waals surface area contributed by atoms with E-state index in [0.29, 0.717) is 11.0 Å². The van der Waals surface area contributed by atoms with Crippen molar-refractivity contribution >= 4 is 23.4 Å². The first kappa shape index (κ1) is 17.9. The lowest BCUT2D eigenvalue weighted by Gasteiger charge is -2.38. The Morgan fingerprint density at radius 2 is 1.59 bits per heavy atom. The van der Waals surface area contributed by atoms with E-state index in [1.54, 1.807) is 24.3 Å². The van der Waals surface area contributed by atoms with Gasteiger partial charge in [0.25, 0.3) is 0 Å². The van der Waals surface area contributed by atoms with Crippen LogP contribution in [0.15, 0.2) is 65.4 Å². The lowest BCUT2D eigenvalue weighted by Crippen LogP contribution is -2.45. The van der Waals surface area contributed by atoms with Crippen molar-refractivity contribution in [1.82, 2.24) is 10.6 Å². The maximum Gasteiger partial charge on any atom is 0.171 e. The Morgan fingerprint density at radius 3 is 2.26 bits per heavy atom. The van der Waals surface area contributed by atoms with Crippen LogP contribution >= 0.6 is 12.2 Å². The van der Waals surface area contributed by atoms with Crippen LogP contribution in [-0.2, 0) is 0 Å². The van der Waals surface area contributed by atoms with E-state index in [4.69, 9.17) is 12.2 Å². The van der Waals surface area contributed by atoms with Crippen LogP contribution in [0.4, 0.5) is 8.78 Å². The van der Waals surface area contributed by atoms with E-state index in [-0.39, 0.29) is 17.7 Å². The zero-order valence-electron chi connectivity index (χ0n) is 14.9. The van der Waals surface area contributed by atoms with Gasteiger partial charge in [0.1, 0.15) is 11.6 Å².